The van der Waals surface area contributed by atoms with Crippen LogP contribution in [-0.4, -0.2) is 76.5 Å². The lowest BCUT2D eigenvalue weighted by Crippen LogP contribution is -2.33. The number of aromatic nitrogens is 2. The topological polar surface area (TPSA) is 81.2 Å². The van der Waals surface area contributed by atoms with E-state index in [-0.39, 0.29) is 11.5 Å². The summed E-state index contributed by atoms with van der Waals surface area (Å²) in [7, 11) is 3.21. The van der Waals surface area contributed by atoms with E-state index in [1.807, 2.05) is 6.07 Å². The molecule has 1 unspecified atom stereocenters. The zero-order chi connectivity index (χ0) is 19.7. The fourth-order valence-corrected chi connectivity index (χ4v) is 3.81. The smallest absolute Gasteiger partial charge is 0.200 e. The van der Waals surface area contributed by atoms with Crippen LogP contribution < -0.4 is 0 Å². The van der Waals surface area contributed by atoms with Crippen molar-refractivity contribution >= 4 is 0 Å². The predicted octanol–water partition coefficient (Wildman–Crippen LogP) is 2.03. The second-order valence-electron chi connectivity index (χ2n) is 7.29. The molecule has 3 rings (SSSR count). The summed E-state index contributed by atoms with van der Waals surface area (Å²) in [4.78, 5) is 9.30. The molecule has 0 spiro atoms. The van der Waals surface area contributed by atoms with Crippen LogP contribution in [0.1, 0.15) is 43.5 Å². The van der Waals surface area contributed by atoms with E-state index in [1.165, 1.54) is 0 Å². The van der Waals surface area contributed by atoms with Gasteiger partial charge in [0.1, 0.15) is 11.9 Å². The molecule has 1 atom stereocenters. The van der Waals surface area contributed by atoms with Crippen molar-refractivity contribution in [2.24, 2.45) is 0 Å². The van der Waals surface area contributed by atoms with Gasteiger partial charge in [-0.05, 0) is 18.9 Å². The molecular weight excluding hydrogens is 364 g/mol. The Morgan fingerprint density at radius 3 is 2.64 bits per heavy atom. The van der Waals surface area contributed by atoms with Gasteiger partial charge >= 0.3 is 0 Å². The molecule has 0 radical (unpaired) electrons. The molecule has 0 amide bonds. The van der Waals surface area contributed by atoms with Crippen LogP contribution in [0, 0.1) is 0 Å². The molecule has 2 aliphatic rings. The van der Waals surface area contributed by atoms with E-state index >= 15 is 0 Å². The van der Waals surface area contributed by atoms with Crippen LogP contribution in [-0.2, 0) is 33.8 Å². The third-order valence-corrected chi connectivity index (χ3v) is 5.32. The van der Waals surface area contributed by atoms with E-state index in [2.05, 4.69) is 4.98 Å². The van der Waals surface area contributed by atoms with Gasteiger partial charge in [0, 0.05) is 20.4 Å². The quantitative estimate of drug-likeness (QED) is 0.415. The fraction of sp³-hybridized carbons (Fsp3) is 0.800. The molecule has 0 N–H and O–H groups in total. The summed E-state index contributed by atoms with van der Waals surface area (Å²) in [5, 5.41) is 0. The zero-order valence-corrected chi connectivity index (χ0v) is 16.9. The maximum atomic E-state index is 5.98. The highest BCUT2D eigenvalue weighted by molar-refractivity contribution is 5.15. The van der Waals surface area contributed by atoms with Gasteiger partial charge in [0.15, 0.2) is 0 Å². The number of rotatable bonds is 11. The van der Waals surface area contributed by atoms with E-state index < -0.39 is 6.29 Å². The molecule has 1 saturated heterocycles. The van der Waals surface area contributed by atoms with Crippen LogP contribution >= 0.6 is 0 Å². The lowest BCUT2D eigenvalue weighted by Gasteiger charge is -2.28. The van der Waals surface area contributed by atoms with Gasteiger partial charge in [0.2, 0.25) is 6.29 Å². The van der Waals surface area contributed by atoms with Gasteiger partial charge in [-0.15, -0.1) is 0 Å². The fourth-order valence-electron chi connectivity index (χ4n) is 3.81. The highest BCUT2D eigenvalue weighted by atomic mass is 16.7. The minimum atomic E-state index is -0.486. The van der Waals surface area contributed by atoms with E-state index in [0.29, 0.717) is 46.2 Å². The lowest BCUT2D eigenvalue weighted by molar-refractivity contribution is -0.118. The second-order valence-corrected chi connectivity index (χ2v) is 7.29. The highest BCUT2D eigenvalue weighted by Crippen LogP contribution is 2.40. The molecule has 28 heavy (non-hydrogen) atoms. The summed E-state index contributed by atoms with van der Waals surface area (Å²) in [6.45, 7) is 4.10. The van der Waals surface area contributed by atoms with Gasteiger partial charge < -0.3 is 28.4 Å². The summed E-state index contributed by atoms with van der Waals surface area (Å²) in [5.74, 6) is 0.815. The Morgan fingerprint density at radius 2 is 1.93 bits per heavy atom. The van der Waals surface area contributed by atoms with E-state index in [0.717, 1.165) is 37.2 Å². The van der Waals surface area contributed by atoms with E-state index in [4.69, 9.17) is 33.4 Å². The standard InChI is InChI=1S/C20H32N2O6/c1-23-18(24-2)17-5-8-21-19(22-17)20(6-3-4-7-20)15-27-10-9-25-13-16-14-26-11-12-28-16/h5,8,16,18H,3-4,6-7,9-15H2,1-2H3. The van der Waals surface area contributed by atoms with Crippen molar-refractivity contribution in [3.8, 4) is 0 Å². The average molecular weight is 396 g/mol. The van der Waals surface area contributed by atoms with Crippen molar-refractivity contribution in [3.05, 3.63) is 23.8 Å². The van der Waals surface area contributed by atoms with Crippen LogP contribution in [0.4, 0.5) is 0 Å². The minimum Gasteiger partial charge on any atom is -0.378 e. The van der Waals surface area contributed by atoms with Crippen LogP contribution in [0.5, 0.6) is 0 Å². The molecule has 158 valence electrons. The first-order valence-corrected chi connectivity index (χ1v) is 10.0. The normalized spacial score (nSPS) is 22.0. The number of methoxy groups -OCH3 is 2. The minimum absolute atomic E-state index is 0.0283. The first-order valence-electron chi connectivity index (χ1n) is 10.0. The maximum Gasteiger partial charge on any atom is 0.200 e. The summed E-state index contributed by atoms with van der Waals surface area (Å²) in [6.07, 6.45) is 5.68. The Labute approximate surface area is 166 Å². The van der Waals surface area contributed by atoms with Crippen LogP contribution in [0.25, 0.3) is 0 Å². The Morgan fingerprint density at radius 1 is 1.14 bits per heavy atom. The Hall–Kier alpha value is -1.16. The van der Waals surface area contributed by atoms with Crippen molar-refractivity contribution in [3.63, 3.8) is 0 Å². The number of hydrogen-bond donors (Lipinski definition) is 0. The molecule has 0 bridgehead atoms. The Kier molecular flexibility index (Phi) is 8.57. The average Bonchev–Trinajstić information content (AvgIpc) is 3.23. The highest BCUT2D eigenvalue weighted by Gasteiger charge is 2.39. The SMILES string of the molecule is COC(OC)c1ccnc(C2(COCCOCC3COCCO3)CCCC2)n1. The first-order chi connectivity index (χ1) is 13.8. The molecule has 2 fully saturated rings. The van der Waals surface area contributed by atoms with Crippen molar-refractivity contribution < 1.29 is 28.4 Å². The number of hydrogen-bond acceptors (Lipinski definition) is 8. The summed E-state index contributed by atoms with van der Waals surface area (Å²) < 4.78 is 33.2. The van der Waals surface area contributed by atoms with Gasteiger partial charge in [0.25, 0.3) is 0 Å². The van der Waals surface area contributed by atoms with Crippen LogP contribution in [0.15, 0.2) is 12.3 Å². The molecule has 8 heteroatoms. The Balaban J connectivity index is 1.49. The van der Waals surface area contributed by atoms with Crippen LogP contribution in [0.3, 0.4) is 0 Å². The van der Waals surface area contributed by atoms with Crippen molar-refractivity contribution in [2.75, 3.05) is 60.5 Å². The molecule has 8 nitrogen and oxygen atoms in total. The van der Waals surface area contributed by atoms with Gasteiger partial charge in [-0.1, -0.05) is 12.8 Å². The number of nitrogens with zero attached hydrogens (tertiary/aromatic N) is 2. The third kappa shape index (κ3) is 5.68. The maximum absolute atomic E-state index is 5.98. The van der Waals surface area contributed by atoms with E-state index in [9.17, 15) is 0 Å². The van der Waals surface area contributed by atoms with Gasteiger partial charge in [-0.2, -0.15) is 0 Å². The van der Waals surface area contributed by atoms with Crippen molar-refractivity contribution in [2.45, 2.75) is 43.5 Å². The third-order valence-electron chi connectivity index (χ3n) is 5.32. The van der Waals surface area contributed by atoms with E-state index in [1.54, 1.807) is 20.4 Å². The molecule has 1 aliphatic heterocycles. The predicted molar refractivity (Wildman–Crippen MR) is 101 cm³/mol. The summed E-state index contributed by atoms with van der Waals surface area (Å²) in [6, 6.07) is 1.83. The van der Waals surface area contributed by atoms with Gasteiger partial charge in [-0.3, -0.25) is 0 Å². The van der Waals surface area contributed by atoms with Crippen LogP contribution in [0.2, 0.25) is 0 Å². The van der Waals surface area contributed by atoms with Crippen molar-refractivity contribution in [1.82, 2.24) is 9.97 Å². The van der Waals surface area contributed by atoms with Gasteiger partial charge in [0.05, 0.1) is 57.4 Å². The largest absolute Gasteiger partial charge is 0.378 e. The zero-order valence-electron chi connectivity index (χ0n) is 16.9. The Bertz CT molecular complexity index is 572. The molecule has 1 aromatic heterocycles. The number of ether oxygens (including phenoxy) is 6. The molecular formula is C20H32N2O6. The summed E-state index contributed by atoms with van der Waals surface area (Å²) >= 11 is 0. The summed E-state index contributed by atoms with van der Waals surface area (Å²) in [5.41, 5.74) is 0.585. The molecule has 1 aliphatic carbocycles. The molecule has 0 aromatic carbocycles. The van der Waals surface area contributed by atoms with Crippen molar-refractivity contribution in [1.29, 1.82) is 0 Å². The second kappa shape index (κ2) is 11.1. The molecule has 1 saturated carbocycles. The van der Waals surface area contributed by atoms with Gasteiger partial charge in [-0.25, -0.2) is 9.97 Å². The first kappa shape index (κ1) is 21.5. The lowest BCUT2D eigenvalue weighted by atomic mass is 9.86. The monoisotopic (exact) mass is 396 g/mol. The molecule has 1 aromatic rings. The molecule has 2 heterocycles.